The molecular weight excluding hydrogens is 518 g/mol. The van der Waals surface area contributed by atoms with Crippen LogP contribution in [0.2, 0.25) is 0 Å². The fourth-order valence-corrected chi connectivity index (χ4v) is 4.83. The molecule has 0 aliphatic rings. The molecular formula is C33H49N3O5. The van der Waals surface area contributed by atoms with Crippen LogP contribution in [0.25, 0.3) is 0 Å². The SMILES string of the molecule is CCCCCNC(=O)C(c1c(C)cccc1C)N(C(=O)C(Cc1ccc(O)cc1)NC(=O)OC(C)(C)C)C(C)CC. The molecule has 0 radical (unpaired) electrons. The maximum absolute atomic E-state index is 14.6. The number of amides is 3. The van der Waals surface area contributed by atoms with Crippen LogP contribution in [0.4, 0.5) is 4.79 Å². The van der Waals surface area contributed by atoms with E-state index in [1.54, 1.807) is 49.9 Å². The molecule has 3 N–H and O–H groups in total. The van der Waals surface area contributed by atoms with Crippen LogP contribution in [-0.4, -0.2) is 52.1 Å². The molecule has 0 spiro atoms. The predicted octanol–water partition coefficient (Wildman–Crippen LogP) is 6.12. The van der Waals surface area contributed by atoms with Crippen molar-refractivity contribution in [3.63, 3.8) is 0 Å². The van der Waals surface area contributed by atoms with Crippen LogP contribution < -0.4 is 10.6 Å². The van der Waals surface area contributed by atoms with Gasteiger partial charge in [0.15, 0.2) is 0 Å². The zero-order chi connectivity index (χ0) is 30.7. The normalized spacial score (nSPS) is 13.6. The molecule has 3 unspecified atom stereocenters. The van der Waals surface area contributed by atoms with Gasteiger partial charge >= 0.3 is 6.09 Å². The Bertz CT molecular complexity index is 1140. The number of aryl methyl sites for hydroxylation is 2. The lowest BCUT2D eigenvalue weighted by Crippen LogP contribution is -2.56. The highest BCUT2D eigenvalue weighted by Crippen LogP contribution is 2.31. The quantitative estimate of drug-likeness (QED) is 0.253. The molecule has 2 rings (SSSR count). The van der Waals surface area contributed by atoms with Gasteiger partial charge < -0.3 is 25.4 Å². The fraction of sp³-hybridized carbons (Fsp3) is 0.545. The number of benzene rings is 2. The van der Waals surface area contributed by atoms with Gasteiger partial charge in [0.1, 0.15) is 23.4 Å². The Kier molecular flexibility index (Phi) is 12.7. The number of phenolic OH excluding ortho intramolecular Hbond substituents is 1. The van der Waals surface area contributed by atoms with Gasteiger partial charge in [-0.05, 0) is 88.8 Å². The maximum Gasteiger partial charge on any atom is 0.408 e. The molecule has 0 heterocycles. The second kappa shape index (κ2) is 15.5. The first-order valence-corrected chi connectivity index (χ1v) is 14.7. The van der Waals surface area contributed by atoms with Gasteiger partial charge in [0.25, 0.3) is 0 Å². The van der Waals surface area contributed by atoms with Crippen molar-refractivity contribution in [3.05, 3.63) is 64.7 Å². The molecule has 0 bridgehead atoms. The highest BCUT2D eigenvalue weighted by atomic mass is 16.6. The number of nitrogens with one attached hydrogen (secondary N) is 2. The average Bonchev–Trinajstić information content (AvgIpc) is 2.89. The Morgan fingerprint density at radius 1 is 0.976 bits per heavy atom. The third-order valence-corrected chi connectivity index (χ3v) is 7.11. The number of ether oxygens (including phenoxy) is 1. The zero-order valence-electron chi connectivity index (χ0n) is 26.0. The molecule has 0 aromatic heterocycles. The van der Waals surface area contributed by atoms with Crippen molar-refractivity contribution in [1.29, 1.82) is 0 Å². The Morgan fingerprint density at radius 2 is 1.59 bits per heavy atom. The molecule has 0 saturated carbocycles. The third-order valence-electron chi connectivity index (χ3n) is 7.11. The number of carbonyl (C=O) groups is 3. The minimum Gasteiger partial charge on any atom is -0.508 e. The molecule has 0 saturated heterocycles. The Hall–Kier alpha value is -3.55. The average molecular weight is 568 g/mol. The van der Waals surface area contributed by atoms with Gasteiger partial charge in [-0.15, -0.1) is 0 Å². The summed E-state index contributed by atoms with van der Waals surface area (Å²) in [5.41, 5.74) is 2.60. The molecule has 0 aliphatic carbocycles. The summed E-state index contributed by atoms with van der Waals surface area (Å²) in [6.45, 7) is 15.7. The summed E-state index contributed by atoms with van der Waals surface area (Å²) in [5, 5.41) is 15.6. The van der Waals surface area contributed by atoms with Gasteiger partial charge in [-0.25, -0.2) is 4.79 Å². The van der Waals surface area contributed by atoms with Crippen LogP contribution in [0.1, 0.15) is 95.5 Å². The number of unbranched alkanes of at least 4 members (excludes halogenated alkanes) is 2. The van der Waals surface area contributed by atoms with E-state index in [9.17, 15) is 19.5 Å². The first-order chi connectivity index (χ1) is 19.3. The van der Waals surface area contributed by atoms with Crippen LogP contribution in [0, 0.1) is 13.8 Å². The first-order valence-electron chi connectivity index (χ1n) is 14.7. The Morgan fingerprint density at radius 3 is 2.12 bits per heavy atom. The summed E-state index contributed by atoms with van der Waals surface area (Å²) in [4.78, 5) is 43.1. The Labute approximate surface area is 245 Å². The Balaban J connectivity index is 2.61. The summed E-state index contributed by atoms with van der Waals surface area (Å²) in [6, 6.07) is 10.1. The second-order valence-electron chi connectivity index (χ2n) is 11.8. The van der Waals surface area contributed by atoms with Crippen LogP contribution in [0.15, 0.2) is 42.5 Å². The van der Waals surface area contributed by atoms with Gasteiger partial charge in [-0.3, -0.25) is 9.59 Å². The van der Waals surface area contributed by atoms with Gasteiger partial charge in [0.2, 0.25) is 11.8 Å². The summed E-state index contributed by atoms with van der Waals surface area (Å²) >= 11 is 0. The van der Waals surface area contributed by atoms with E-state index in [-0.39, 0.29) is 30.0 Å². The highest BCUT2D eigenvalue weighted by molar-refractivity contribution is 5.93. The van der Waals surface area contributed by atoms with Crippen LogP contribution in [0.5, 0.6) is 5.75 Å². The topological polar surface area (TPSA) is 108 Å². The van der Waals surface area contributed by atoms with Crippen molar-refractivity contribution in [2.75, 3.05) is 6.54 Å². The summed E-state index contributed by atoms with van der Waals surface area (Å²) in [6.07, 6.45) is 2.92. The van der Waals surface area contributed by atoms with Gasteiger partial charge in [0.05, 0.1) is 0 Å². The van der Waals surface area contributed by atoms with E-state index in [4.69, 9.17) is 4.74 Å². The van der Waals surface area contributed by atoms with Gasteiger partial charge in [0, 0.05) is 19.0 Å². The van der Waals surface area contributed by atoms with Crippen LogP contribution in [-0.2, 0) is 20.7 Å². The molecule has 0 fully saturated rings. The summed E-state index contributed by atoms with van der Waals surface area (Å²) in [7, 11) is 0. The smallest absolute Gasteiger partial charge is 0.408 e. The van der Waals surface area contributed by atoms with Crippen molar-refractivity contribution in [2.45, 2.75) is 111 Å². The number of aromatic hydroxyl groups is 1. The predicted molar refractivity (Wildman–Crippen MR) is 163 cm³/mol. The molecule has 0 aliphatic heterocycles. The number of rotatable bonds is 13. The third kappa shape index (κ3) is 10.1. The number of phenols is 1. The van der Waals surface area contributed by atoms with Crippen molar-refractivity contribution in [1.82, 2.24) is 15.5 Å². The molecule has 41 heavy (non-hydrogen) atoms. The molecule has 2 aromatic carbocycles. The van der Waals surface area contributed by atoms with E-state index in [2.05, 4.69) is 17.6 Å². The molecule has 226 valence electrons. The molecule has 8 nitrogen and oxygen atoms in total. The standard InChI is InChI=1S/C33H49N3O5/c1-9-11-12-20-34-30(38)29(28-22(3)14-13-15-23(28)4)36(24(5)10-2)31(39)27(35-32(40)41-33(6,7)8)21-25-16-18-26(37)19-17-25/h13-19,24,27,29,37H,9-12,20-21H2,1-8H3,(H,34,38)(H,35,40). The number of hydrogen-bond acceptors (Lipinski definition) is 5. The van der Waals surface area contributed by atoms with Crippen molar-refractivity contribution < 1.29 is 24.2 Å². The lowest BCUT2D eigenvalue weighted by atomic mass is 9.92. The summed E-state index contributed by atoms with van der Waals surface area (Å²) < 4.78 is 5.51. The number of nitrogens with zero attached hydrogens (tertiary/aromatic N) is 1. The first kappa shape index (κ1) is 33.7. The lowest BCUT2D eigenvalue weighted by molar-refractivity contribution is -0.145. The van der Waals surface area contributed by atoms with E-state index >= 15 is 0 Å². The van der Waals surface area contributed by atoms with E-state index in [0.29, 0.717) is 13.0 Å². The van der Waals surface area contributed by atoms with E-state index in [1.807, 2.05) is 45.9 Å². The highest BCUT2D eigenvalue weighted by Gasteiger charge is 2.39. The number of hydrogen-bond donors (Lipinski definition) is 3. The molecule has 2 aromatic rings. The van der Waals surface area contributed by atoms with Gasteiger partial charge in [-0.1, -0.05) is 57.0 Å². The zero-order valence-corrected chi connectivity index (χ0v) is 26.0. The maximum atomic E-state index is 14.6. The van der Waals surface area contributed by atoms with E-state index in [1.165, 1.54) is 0 Å². The van der Waals surface area contributed by atoms with E-state index in [0.717, 1.165) is 41.5 Å². The minimum absolute atomic E-state index is 0.104. The summed E-state index contributed by atoms with van der Waals surface area (Å²) in [5.74, 6) is -0.518. The van der Waals surface area contributed by atoms with Crippen molar-refractivity contribution in [3.8, 4) is 5.75 Å². The van der Waals surface area contributed by atoms with Crippen molar-refractivity contribution >= 4 is 17.9 Å². The molecule has 8 heteroatoms. The fourth-order valence-electron chi connectivity index (χ4n) is 4.83. The van der Waals surface area contributed by atoms with Crippen LogP contribution >= 0.6 is 0 Å². The van der Waals surface area contributed by atoms with Crippen molar-refractivity contribution in [2.24, 2.45) is 0 Å². The second-order valence-corrected chi connectivity index (χ2v) is 11.8. The number of alkyl carbamates (subject to hydrolysis) is 1. The van der Waals surface area contributed by atoms with Crippen LogP contribution in [0.3, 0.4) is 0 Å². The minimum atomic E-state index is -1.01. The largest absolute Gasteiger partial charge is 0.508 e. The lowest BCUT2D eigenvalue weighted by Gasteiger charge is -2.39. The van der Waals surface area contributed by atoms with Gasteiger partial charge in [-0.2, -0.15) is 0 Å². The molecule has 3 atom stereocenters. The van der Waals surface area contributed by atoms with E-state index < -0.39 is 23.8 Å². The number of carbonyl (C=O) groups excluding carboxylic acids is 3. The monoisotopic (exact) mass is 567 g/mol. The molecule has 3 amide bonds.